The lowest BCUT2D eigenvalue weighted by molar-refractivity contribution is 0.0879. The van der Waals surface area contributed by atoms with Gasteiger partial charge in [0.15, 0.2) is 0 Å². The van der Waals surface area contributed by atoms with E-state index < -0.39 is 0 Å². The van der Waals surface area contributed by atoms with E-state index in [1.165, 1.54) is 38.0 Å². The Morgan fingerprint density at radius 3 is 1.78 bits per heavy atom. The molecule has 2 heterocycles. The summed E-state index contributed by atoms with van der Waals surface area (Å²) in [6.07, 6.45) is 4.12. The van der Waals surface area contributed by atoms with E-state index in [0.717, 1.165) is 0 Å². The number of fused-ring (bicyclic) bond motifs is 1. The Labute approximate surface area is 136 Å². The molecule has 1 N–H and O–H groups in total. The van der Waals surface area contributed by atoms with Crippen molar-refractivity contribution >= 4 is 17.5 Å². The van der Waals surface area contributed by atoms with Crippen LogP contribution >= 0.6 is 0 Å². The third-order valence-corrected chi connectivity index (χ3v) is 4.12. The standard InChI is InChI=1S/C11H15N.C8H5NO2/c1-3-7-11(8-4-1)12-9-5-2-6-10-12;10-7-5-3-1-2-4-6(5)8(11)9-7/h1,3-4,7-8H,2,5-6,9-10H2;1-4H,(H,9,10,11). The lowest BCUT2D eigenvalue weighted by Crippen LogP contribution is -2.29. The summed E-state index contributed by atoms with van der Waals surface area (Å²) in [6, 6.07) is 17.4. The molecule has 0 radical (unpaired) electrons. The molecule has 2 amide bonds. The summed E-state index contributed by atoms with van der Waals surface area (Å²) in [5.74, 6) is -0.601. The van der Waals surface area contributed by atoms with Crippen molar-refractivity contribution in [1.82, 2.24) is 5.32 Å². The molecule has 4 heteroatoms. The Balaban J connectivity index is 0.000000136. The van der Waals surface area contributed by atoms with Crippen LogP contribution in [0.2, 0.25) is 0 Å². The second kappa shape index (κ2) is 7.09. The number of nitrogens with zero attached hydrogens (tertiary/aromatic N) is 1. The average Bonchev–Trinajstić information content (AvgIpc) is 2.92. The maximum Gasteiger partial charge on any atom is 0.258 e. The van der Waals surface area contributed by atoms with Crippen LogP contribution < -0.4 is 10.2 Å². The first-order valence-corrected chi connectivity index (χ1v) is 8.00. The first-order chi connectivity index (χ1) is 11.3. The Morgan fingerprint density at radius 2 is 1.22 bits per heavy atom. The van der Waals surface area contributed by atoms with Gasteiger partial charge in [-0.2, -0.15) is 0 Å². The number of hydrogen-bond donors (Lipinski definition) is 1. The van der Waals surface area contributed by atoms with Crippen LogP contribution in [0, 0.1) is 0 Å². The summed E-state index contributed by atoms with van der Waals surface area (Å²) in [5, 5.41) is 2.20. The van der Waals surface area contributed by atoms with Crippen LogP contribution in [-0.2, 0) is 0 Å². The van der Waals surface area contributed by atoms with Crippen molar-refractivity contribution in [3.05, 3.63) is 65.7 Å². The van der Waals surface area contributed by atoms with Gasteiger partial charge >= 0.3 is 0 Å². The third kappa shape index (κ3) is 3.59. The highest BCUT2D eigenvalue weighted by Gasteiger charge is 2.25. The number of amides is 2. The molecule has 2 aromatic carbocycles. The van der Waals surface area contributed by atoms with Gasteiger partial charge in [-0.25, -0.2) is 0 Å². The minimum absolute atomic E-state index is 0.300. The van der Waals surface area contributed by atoms with Crippen LogP contribution in [0.25, 0.3) is 0 Å². The Bertz CT molecular complexity index is 659. The van der Waals surface area contributed by atoms with Crippen LogP contribution in [-0.4, -0.2) is 24.9 Å². The molecule has 4 rings (SSSR count). The summed E-state index contributed by atoms with van der Waals surface area (Å²) in [7, 11) is 0. The van der Waals surface area contributed by atoms with Gasteiger partial charge in [0.2, 0.25) is 0 Å². The SMILES string of the molecule is O=C1NC(=O)c2ccccc21.c1ccc(N2CCCCC2)cc1. The predicted molar refractivity (Wildman–Crippen MR) is 90.7 cm³/mol. The van der Waals surface area contributed by atoms with E-state index in [2.05, 4.69) is 40.5 Å². The van der Waals surface area contributed by atoms with Gasteiger partial charge in [-0.1, -0.05) is 30.3 Å². The number of piperidine rings is 1. The van der Waals surface area contributed by atoms with Crippen molar-refractivity contribution in [2.24, 2.45) is 0 Å². The summed E-state index contributed by atoms with van der Waals surface area (Å²) >= 11 is 0. The highest BCUT2D eigenvalue weighted by Crippen LogP contribution is 2.18. The number of anilines is 1. The number of carbonyl (C=O) groups excluding carboxylic acids is 2. The molecule has 1 fully saturated rings. The molecule has 0 aromatic heterocycles. The highest BCUT2D eigenvalue weighted by atomic mass is 16.2. The molecule has 1 saturated heterocycles. The molecule has 23 heavy (non-hydrogen) atoms. The van der Waals surface area contributed by atoms with Crippen molar-refractivity contribution in [3.8, 4) is 0 Å². The van der Waals surface area contributed by atoms with Gasteiger partial charge in [-0.3, -0.25) is 14.9 Å². The average molecular weight is 308 g/mol. The maximum atomic E-state index is 10.9. The van der Waals surface area contributed by atoms with E-state index >= 15 is 0 Å². The fourth-order valence-corrected chi connectivity index (χ4v) is 2.91. The molecule has 0 bridgehead atoms. The van der Waals surface area contributed by atoms with Crippen LogP contribution in [0.3, 0.4) is 0 Å². The summed E-state index contributed by atoms with van der Waals surface area (Å²) < 4.78 is 0. The molecule has 0 aliphatic carbocycles. The largest absolute Gasteiger partial charge is 0.372 e. The van der Waals surface area contributed by atoms with E-state index in [-0.39, 0.29) is 11.8 Å². The summed E-state index contributed by atoms with van der Waals surface area (Å²) in [6.45, 7) is 2.48. The lowest BCUT2D eigenvalue weighted by atomic mass is 10.1. The van der Waals surface area contributed by atoms with Crippen molar-refractivity contribution in [2.45, 2.75) is 19.3 Å². The second-order valence-electron chi connectivity index (χ2n) is 5.71. The summed E-state index contributed by atoms with van der Waals surface area (Å²) in [4.78, 5) is 24.4. The van der Waals surface area contributed by atoms with Gasteiger partial charge in [-0.05, 0) is 43.5 Å². The van der Waals surface area contributed by atoms with E-state index in [0.29, 0.717) is 11.1 Å². The first kappa shape index (κ1) is 15.3. The lowest BCUT2D eigenvalue weighted by Gasteiger charge is -2.28. The number of rotatable bonds is 1. The third-order valence-electron chi connectivity index (χ3n) is 4.12. The van der Waals surface area contributed by atoms with Gasteiger partial charge in [0.25, 0.3) is 11.8 Å². The smallest absolute Gasteiger partial charge is 0.258 e. The molecule has 2 aromatic rings. The number of carbonyl (C=O) groups is 2. The Morgan fingerprint density at radius 1 is 0.696 bits per heavy atom. The van der Waals surface area contributed by atoms with Crippen molar-refractivity contribution in [3.63, 3.8) is 0 Å². The van der Waals surface area contributed by atoms with Gasteiger partial charge in [0.05, 0.1) is 11.1 Å². The van der Waals surface area contributed by atoms with E-state index in [9.17, 15) is 9.59 Å². The van der Waals surface area contributed by atoms with Crippen LogP contribution in [0.4, 0.5) is 5.69 Å². The quantitative estimate of drug-likeness (QED) is 0.823. The zero-order chi connectivity index (χ0) is 16.1. The van der Waals surface area contributed by atoms with Crippen LogP contribution in [0.1, 0.15) is 40.0 Å². The number of nitrogens with one attached hydrogen (secondary N) is 1. The zero-order valence-corrected chi connectivity index (χ0v) is 13.0. The van der Waals surface area contributed by atoms with Gasteiger partial charge in [0.1, 0.15) is 0 Å². The first-order valence-electron chi connectivity index (χ1n) is 8.00. The minimum Gasteiger partial charge on any atom is -0.372 e. The normalized spacial score (nSPS) is 16.3. The molecule has 0 atom stereocenters. The minimum atomic E-state index is -0.300. The number of imide groups is 1. The molecular formula is C19H20N2O2. The molecule has 2 aliphatic rings. The van der Waals surface area contributed by atoms with E-state index in [1.54, 1.807) is 24.3 Å². The Hall–Kier alpha value is -2.62. The summed E-state index contributed by atoms with van der Waals surface area (Å²) in [5.41, 5.74) is 2.33. The van der Waals surface area contributed by atoms with Crippen molar-refractivity contribution in [1.29, 1.82) is 0 Å². The highest BCUT2D eigenvalue weighted by molar-refractivity contribution is 6.21. The molecule has 0 saturated carbocycles. The fourth-order valence-electron chi connectivity index (χ4n) is 2.91. The van der Waals surface area contributed by atoms with Crippen LogP contribution in [0.5, 0.6) is 0 Å². The van der Waals surface area contributed by atoms with Gasteiger partial charge in [0, 0.05) is 18.8 Å². The molecular weight excluding hydrogens is 288 g/mol. The molecule has 118 valence electrons. The molecule has 0 unspecified atom stereocenters. The van der Waals surface area contributed by atoms with Gasteiger partial charge < -0.3 is 4.90 Å². The maximum absolute atomic E-state index is 10.9. The number of benzene rings is 2. The molecule has 0 spiro atoms. The van der Waals surface area contributed by atoms with Crippen LogP contribution in [0.15, 0.2) is 54.6 Å². The predicted octanol–water partition coefficient (Wildman–Crippen LogP) is 3.25. The number of hydrogen-bond acceptors (Lipinski definition) is 3. The van der Waals surface area contributed by atoms with Crippen molar-refractivity contribution < 1.29 is 9.59 Å². The molecule has 4 nitrogen and oxygen atoms in total. The molecule has 2 aliphatic heterocycles. The van der Waals surface area contributed by atoms with E-state index in [4.69, 9.17) is 0 Å². The van der Waals surface area contributed by atoms with E-state index in [1.807, 2.05) is 0 Å². The van der Waals surface area contributed by atoms with Crippen molar-refractivity contribution in [2.75, 3.05) is 18.0 Å². The fraction of sp³-hybridized carbons (Fsp3) is 0.263. The Kier molecular flexibility index (Phi) is 4.71. The zero-order valence-electron chi connectivity index (χ0n) is 13.0. The number of para-hydroxylation sites is 1. The second-order valence-corrected chi connectivity index (χ2v) is 5.71. The monoisotopic (exact) mass is 308 g/mol. The topological polar surface area (TPSA) is 49.4 Å². The van der Waals surface area contributed by atoms with Gasteiger partial charge in [-0.15, -0.1) is 0 Å².